The molecule has 1 aliphatic rings. The van der Waals surface area contributed by atoms with Crippen LogP contribution in [0, 0.1) is 0 Å². The first-order valence-electron chi connectivity index (χ1n) is 10.8. The van der Waals surface area contributed by atoms with Crippen LogP contribution < -0.4 is 5.73 Å². The zero-order valence-corrected chi connectivity index (χ0v) is 18.2. The Hall–Kier alpha value is -1.76. The molecule has 0 spiro atoms. The highest BCUT2D eigenvalue weighted by atomic mass is 14.6. The fourth-order valence-corrected chi connectivity index (χ4v) is 3.98. The van der Waals surface area contributed by atoms with Gasteiger partial charge in [0, 0.05) is 17.2 Å². The molecule has 0 aromatic heterocycles. The van der Waals surface area contributed by atoms with Gasteiger partial charge in [-0.05, 0) is 69.1 Å². The van der Waals surface area contributed by atoms with Crippen LogP contribution >= 0.6 is 0 Å². The Labute approximate surface area is 168 Å². The van der Waals surface area contributed by atoms with E-state index in [4.69, 9.17) is 5.73 Å². The smallest absolute Gasteiger partial charge is 0.0431 e. The number of aryl methyl sites for hydroxylation is 1. The molecule has 1 aliphatic carbocycles. The van der Waals surface area contributed by atoms with Crippen molar-refractivity contribution in [2.24, 2.45) is 0 Å². The summed E-state index contributed by atoms with van der Waals surface area (Å²) in [7, 11) is 0. The van der Waals surface area contributed by atoms with Gasteiger partial charge in [-0.3, -0.25) is 0 Å². The van der Waals surface area contributed by atoms with Gasteiger partial charge in [-0.2, -0.15) is 0 Å². The van der Waals surface area contributed by atoms with E-state index in [0.29, 0.717) is 5.92 Å². The molecule has 2 rings (SSSR count). The van der Waals surface area contributed by atoms with Crippen molar-refractivity contribution in [3.8, 4) is 0 Å². The van der Waals surface area contributed by atoms with Gasteiger partial charge in [0.05, 0.1) is 0 Å². The molecule has 0 fully saturated rings. The molecule has 0 heterocycles. The molecule has 2 N–H and O–H groups in total. The van der Waals surface area contributed by atoms with Crippen molar-refractivity contribution in [3.63, 3.8) is 0 Å². The summed E-state index contributed by atoms with van der Waals surface area (Å²) in [5.74, 6) is 0.483. The maximum atomic E-state index is 6.71. The first-order valence-corrected chi connectivity index (χ1v) is 10.8. The zero-order chi connectivity index (χ0) is 20.2. The number of allylic oxidation sites excluding steroid dienone is 4. The van der Waals surface area contributed by atoms with Gasteiger partial charge in [0.15, 0.2) is 0 Å². The molecule has 0 aliphatic heterocycles. The first kappa shape index (κ1) is 23.3. The lowest BCUT2D eigenvalue weighted by atomic mass is 9.82. The van der Waals surface area contributed by atoms with Crippen LogP contribution in [0.25, 0.3) is 5.57 Å². The van der Waals surface area contributed by atoms with E-state index in [1.165, 1.54) is 66.4 Å². The van der Waals surface area contributed by atoms with Crippen molar-refractivity contribution in [2.75, 3.05) is 5.73 Å². The molecule has 0 radical (unpaired) electrons. The van der Waals surface area contributed by atoms with Gasteiger partial charge in [0.1, 0.15) is 0 Å². The van der Waals surface area contributed by atoms with Crippen LogP contribution in [0.2, 0.25) is 0 Å². The second-order valence-corrected chi connectivity index (χ2v) is 7.83. The van der Waals surface area contributed by atoms with E-state index in [9.17, 15) is 0 Å². The highest BCUT2D eigenvalue weighted by Gasteiger charge is 2.20. The molecule has 0 bridgehead atoms. The number of unbranched alkanes of at least 4 members (excludes halogenated alkanes) is 2. The van der Waals surface area contributed by atoms with Crippen molar-refractivity contribution in [1.29, 1.82) is 0 Å². The first-order chi connectivity index (χ1) is 13.0. The van der Waals surface area contributed by atoms with Crippen LogP contribution in [0.5, 0.6) is 0 Å². The molecule has 150 valence electrons. The quantitative estimate of drug-likeness (QED) is 0.279. The summed E-state index contributed by atoms with van der Waals surface area (Å²) in [5.41, 5.74) is 14.4. The topological polar surface area (TPSA) is 26.0 Å². The second-order valence-electron chi connectivity index (χ2n) is 7.83. The third kappa shape index (κ3) is 7.05. The van der Waals surface area contributed by atoms with Gasteiger partial charge in [0.25, 0.3) is 0 Å². The third-order valence-corrected chi connectivity index (χ3v) is 5.29. The van der Waals surface area contributed by atoms with Crippen molar-refractivity contribution >= 4 is 11.3 Å². The van der Waals surface area contributed by atoms with Crippen LogP contribution in [0.1, 0.15) is 102 Å². The van der Waals surface area contributed by atoms with Crippen molar-refractivity contribution in [2.45, 2.75) is 91.4 Å². The van der Waals surface area contributed by atoms with Crippen LogP contribution in [0.4, 0.5) is 5.69 Å². The van der Waals surface area contributed by atoms with Gasteiger partial charge in [0.2, 0.25) is 0 Å². The predicted octanol–water partition coefficient (Wildman–Crippen LogP) is 8.22. The molecular weight excluding hydrogens is 326 g/mol. The molecule has 0 saturated carbocycles. The van der Waals surface area contributed by atoms with Crippen molar-refractivity contribution in [1.82, 2.24) is 0 Å². The molecular formula is C26H41N. The Kier molecular flexibility index (Phi) is 10.9. The van der Waals surface area contributed by atoms with E-state index in [2.05, 4.69) is 52.1 Å². The van der Waals surface area contributed by atoms with Gasteiger partial charge in [-0.25, -0.2) is 0 Å². The Bertz CT molecular complexity index is 636. The number of nitrogen functional groups attached to an aromatic ring is 1. The SMILES string of the molecule is C=C(CCC)c1c(CCCCC)ccc(C2C=C(C)CCC2)c1N.C=CC. The number of hydrogen-bond acceptors (Lipinski definition) is 1. The number of nitrogens with two attached hydrogens (primary N) is 1. The maximum Gasteiger partial charge on any atom is 0.0431 e. The van der Waals surface area contributed by atoms with Crippen LogP contribution in [-0.2, 0) is 6.42 Å². The number of hydrogen-bond donors (Lipinski definition) is 1. The Morgan fingerprint density at radius 1 is 1.22 bits per heavy atom. The Balaban J connectivity index is 0.00000114. The second kappa shape index (κ2) is 12.6. The minimum Gasteiger partial charge on any atom is -0.398 e. The normalized spacial score (nSPS) is 16.1. The fraction of sp³-hybridized carbons (Fsp3) is 0.538. The number of rotatable bonds is 8. The van der Waals surface area contributed by atoms with Crippen molar-refractivity contribution in [3.05, 3.63) is 59.7 Å². The lowest BCUT2D eigenvalue weighted by Crippen LogP contribution is -2.09. The number of benzene rings is 1. The largest absolute Gasteiger partial charge is 0.398 e. The third-order valence-electron chi connectivity index (χ3n) is 5.29. The fourth-order valence-electron chi connectivity index (χ4n) is 3.98. The Morgan fingerprint density at radius 3 is 2.52 bits per heavy atom. The monoisotopic (exact) mass is 367 g/mol. The molecule has 1 unspecified atom stereocenters. The highest BCUT2D eigenvalue weighted by molar-refractivity contribution is 5.79. The van der Waals surface area contributed by atoms with Crippen molar-refractivity contribution < 1.29 is 0 Å². The summed E-state index contributed by atoms with van der Waals surface area (Å²) in [6, 6.07) is 4.62. The molecule has 1 atom stereocenters. The van der Waals surface area contributed by atoms with E-state index in [1.54, 1.807) is 6.08 Å². The molecule has 0 saturated heterocycles. The predicted molar refractivity (Wildman–Crippen MR) is 124 cm³/mol. The molecule has 1 heteroatoms. The lowest BCUT2D eigenvalue weighted by Gasteiger charge is -2.24. The summed E-state index contributed by atoms with van der Waals surface area (Å²) >= 11 is 0. The molecule has 1 aromatic rings. The summed E-state index contributed by atoms with van der Waals surface area (Å²) in [6.07, 6.45) is 15.0. The zero-order valence-electron chi connectivity index (χ0n) is 18.2. The minimum absolute atomic E-state index is 0.483. The summed E-state index contributed by atoms with van der Waals surface area (Å²) < 4.78 is 0. The average Bonchev–Trinajstić information content (AvgIpc) is 2.63. The average molecular weight is 368 g/mol. The van der Waals surface area contributed by atoms with Crippen LogP contribution in [-0.4, -0.2) is 0 Å². The van der Waals surface area contributed by atoms with E-state index in [1.807, 2.05) is 6.92 Å². The number of anilines is 1. The summed E-state index contributed by atoms with van der Waals surface area (Å²) in [4.78, 5) is 0. The molecule has 27 heavy (non-hydrogen) atoms. The standard InChI is InChI=1S/C23H35N.C3H6/c1-5-7-8-12-19-14-15-21(20-13-9-11-17(3)16-20)23(24)22(19)18(4)10-6-2;1-3-2/h14-16,20H,4-13,24H2,1-3H3;3H,1H2,2H3. The van der Waals surface area contributed by atoms with E-state index >= 15 is 0 Å². The minimum atomic E-state index is 0.483. The Morgan fingerprint density at radius 2 is 1.93 bits per heavy atom. The van der Waals surface area contributed by atoms with Gasteiger partial charge < -0.3 is 5.73 Å². The van der Waals surface area contributed by atoms with Gasteiger partial charge in [-0.15, -0.1) is 6.58 Å². The van der Waals surface area contributed by atoms with Gasteiger partial charge >= 0.3 is 0 Å². The van der Waals surface area contributed by atoms with E-state index in [0.717, 1.165) is 24.9 Å². The maximum absolute atomic E-state index is 6.71. The lowest BCUT2D eigenvalue weighted by molar-refractivity contribution is 0.634. The highest BCUT2D eigenvalue weighted by Crippen LogP contribution is 2.39. The van der Waals surface area contributed by atoms with E-state index < -0.39 is 0 Å². The summed E-state index contributed by atoms with van der Waals surface area (Å²) in [5, 5.41) is 0. The van der Waals surface area contributed by atoms with Crippen LogP contribution in [0.15, 0.2) is 43.0 Å². The van der Waals surface area contributed by atoms with E-state index in [-0.39, 0.29) is 0 Å². The summed E-state index contributed by atoms with van der Waals surface area (Å²) in [6.45, 7) is 16.3. The molecule has 0 amide bonds. The van der Waals surface area contributed by atoms with Crippen LogP contribution in [0.3, 0.4) is 0 Å². The molecule has 1 nitrogen and oxygen atoms in total. The van der Waals surface area contributed by atoms with Gasteiger partial charge in [-0.1, -0.05) is 69.5 Å². The molecule has 1 aromatic carbocycles.